The van der Waals surface area contributed by atoms with Gasteiger partial charge in [0.05, 0.1) is 5.69 Å². The zero-order valence-corrected chi connectivity index (χ0v) is 15.0. The quantitative estimate of drug-likeness (QED) is 0.839. The molecule has 1 fully saturated rings. The molecule has 0 spiro atoms. The molecule has 0 aliphatic carbocycles. The molecule has 0 amide bonds. The summed E-state index contributed by atoms with van der Waals surface area (Å²) in [5.41, 5.74) is 3.65. The van der Waals surface area contributed by atoms with Gasteiger partial charge in [0.25, 0.3) is 0 Å². The van der Waals surface area contributed by atoms with Crippen LogP contribution in [-0.2, 0) is 13.6 Å². The van der Waals surface area contributed by atoms with E-state index in [1.54, 1.807) is 6.33 Å². The first-order valence-corrected chi connectivity index (χ1v) is 8.56. The first-order chi connectivity index (χ1) is 11.6. The fraction of sp³-hybridized carbons (Fsp3) is 0.588. The van der Waals surface area contributed by atoms with Crippen molar-refractivity contribution in [3.05, 3.63) is 29.3 Å². The Kier molecular flexibility index (Phi) is 4.99. The minimum Gasteiger partial charge on any atom is -0.373 e. The third-order valence-electron chi connectivity index (χ3n) is 4.92. The van der Waals surface area contributed by atoms with Gasteiger partial charge in [-0.2, -0.15) is 5.10 Å². The Morgan fingerprint density at radius 2 is 2.12 bits per heavy atom. The van der Waals surface area contributed by atoms with E-state index >= 15 is 0 Å². The van der Waals surface area contributed by atoms with E-state index in [2.05, 4.69) is 44.4 Å². The van der Waals surface area contributed by atoms with Gasteiger partial charge in [-0.15, -0.1) is 0 Å². The number of anilines is 2. The van der Waals surface area contributed by atoms with E-state index in [-0.39, 0.29) is 0 Å². The van der Waals surface area contributed by atoms with E-state index < -0.39 is 0 Å². The minimum absolute atomic E-state index is 0.474. The highest BCUT2D eigenvalue weighted by Gasteiger charge is 2.25. The number of hydrogen-bond donors (Lipinski definition) is 2. The zero-order valence-electron chi connectivity index (χ0n) is 15.0. The molecule has 0 bridgehead atoms. The molecule has 1 saturated heterocycles. The molecule has 0 radical (unpaired) electrons. The molecule has 1 unspecified atom stereocenters. The highest BCUT2D eigenvalue weighted by molar-refractivity contribution is 5.49. The van der Waals surface area contributed by atoms with Crippen molar-refractivity contribution in [2.45, 2.75) is 39.3 Å². The van der Waals surface area contributed by atoms with Crippen LogP contribution in [0, 0.1) is 13.8 Å². The molecule has 24 heavy (non-hydrogen) atoms. The maximum absolute atomic E-state index is 4.49. The maximum Gasteiger partial charge on any atom is 0.134 e. The molecular weight excluding hydrogens is 302 g/mol. The Hall–Kier alpha value is -2.15. The lowest BCUT2D eigenvalue weighted by Gasteiger charge is -2.26. The van der Waals surface area contributed by atoms with Crippen LogP contribution in [0.1, 0.15) is 29.8 Å². The monoisotopic (exact) mass is 329 g/mol. The van der Waals surface area contributed by atoms with Gasteiger partial charge in [0, 0.05) is 57.1 Å². The SMILES string of the molecule is CNc1cc(N2CCCC2CNCc2c(C)nn(C)c2C)ncn1. The van der Waals surface area contributed by atoms with Crippen molar-refractivity contribution in [3.8, 4) is 0 Å². The Balaban J connectivity index is 1.62. The average Bonchev–Trinajstić information content (AvgIpc) is 3.15. The fourth-order valence-electron chi connectivity index (χ4n) is 3.43. The molecule has 1 atom stereocenters. The van der Waals surface area contributed by atoms with Gasteiger partial charge < -0.3 is 15.5 Å². The molecule has 1 aliphatic rings. The highest BCUT2D eigenvalue weighted by Crippen LogP contribution is 2.24. The summed E-state index contributed by atoms with van der Waals surface area (Å²) in [6.45, 7) is 7.07. The molecule has 7 nitrogen and oxygen atoms in total. The number of nitrogens with one attached hydrogen (secondary N) is 2. The van der Waals surface area contributed by atoms with E-state index in [0.717, 1.165) is 37.0 Å². The second-order valence-corrected chi connectivity index (χ2v) is 6.40. The van der Waals surface area contributed by atoms with E-state index in [0.29, 0.717) is 6.04 Å². The van der Waals surface area contributed by atoms with Crippen LogP contribution < -0.4 is 15.5 Å². The number of aryl methyl sites for hydroxylation is 2. The second kappa shape index (κ2) is 7.17. The molecule has 0 aromatic carbocycles. The van der Waals surface area contributed by atoms with Crippen molar-refractivity contribution in [2.24, 2.45) is 7.05 Å². The number of aromatic nitrogens is 4. The van der Waals surface area contributed by atoms with Crippen LogP contribution >= 0.6 is 0 Å². The Morgan fingerprint density at radius 3 is 2.83 bits per heavy atom. The van der Waals surface area contributed by atoms with Gasteiger partial charge in [-0.1, -0.05) is 0 Å². The van der Waals surface area contributed by atoms with E-state index in [9.17, 15) is 0 Å². The molecule has 1 aliphatic heterocycles. The summed E-state index contributed by atoms with van der Waals surface area (Å²) in [6, 6.07) is 2.50. The lowest BCUT2D eigenvalue weighted by molar-refractivity contribution is 0.569. The lowest BCUT2D eigenvalue weighted by atomic mass is 10.1. The van der Waals surface area contributed by atoms with Gasteiger partial charge in [0.15, 0.2) is 0 Å². The van der Waals surface area contributed by atoms with Crippen LogP contribution in [0.25, 0.3) is 0 Å². The molecule has 0 saturated carbocycles. The van der Waals surface area contributed by atoms with Crippen molar-refractivity contribution >= 4 is 11.6 Å². The van der Waals surface area contributed by atoms with E-state index in [1.807, 2.05) is 24.8 Å². The second-order valence-electron chi connectivity index (χ2n) is 6.40. The van der Waals surface area contributed by atoms with Crippen LogP contribution in [0.3, 0.4) is 0 Å². The number of rotatable bonds is 6. The topological polar surface area (TPSA) is 70.9 Å². The third-order valence-corrected chi connectivity index (χ3v) is 4.92. The number of hydrogen-bond acceptors (Lipinski definition) is 6. The van der Waals surface area contributed by atoms with Gasteiger partial charge in [0.1, 0.15) is 18.0 Å². The highest BCUT2D eigenvalue weighted by atomic mass is 15.3. The van der Waals surface area contributed by atoms with Crippen LogP contribution in [-0.4, -0.2) is 45.9 Å². The van der Waals surface area contributed by atoms with E-state index in [1.165, 1.54) is 24.1 Å². The average molecular weight is 329 g/mol. The Bertz CT molecular complexity index is 694. The van der Waals surface area contributed by atoms with Crippen molar-refractivity contribution in [3.63, 3.8) is 0 Å². The predicted molar refractivity (Wildman–Crippen MR) is 96.3 cm³/mol. The fourth-order valence-corrected chi connectivity index (χ4v) is 3.43. The van der Waals surface area contributed by atoms with Crippen LogP contribution in [0.4, 0.5) is 11.6 Å². The van der Waals surface area contributed by atoms with Crippen LogP contribution in [0.5, 0.6) is 0 Å². The minimum atomic E-state index is 0.474. The summed E-state index contributed by atoms with van der Waals surface area (Å²) in [6.07, 6.45) is 4.03. The van der Waals surface area contributed by atoms with Crippen molar-refractivity contribution in [1.82, 2.24) is 25.1 Å². The predicted octanol–water partition coefficient (Wildman–Crippen LogP) is 1.63. The summed E-state index contributed by atoms with van der Waals surface area (Å²) < 4.78 is 1.95. The Labute approximate surface area is 143 Å². The molecule has 2 aromatic rings. The normalized spacial score (nSPS) is 17.5. The van der Waals surface area contributed by atoms with Gasteiger partial charge in [-0.3, -0.25) is 4.68 Å². The third kappa shape index (κ3) is 3.36. The smallest absolute Gasteiger partial charge is 0.134 e. The molecule has 3 rings (SSSR count). The summed E-state index contributed by atoms with van der Waals surface area (Å²) in [4.78, 5) is 11.0. The standard InChI is InChI=1S/C17H27N7/c1-12-15(13(2)23(4)22-12)10-19-9-14-6-5-7-24(14)17-8-16(18-3)20-11-21-17/h8,11,14,19H,5-7,9-10H2,1-4H3,(H,18,20,21). The zero-order chi connectivity index (χ0) is 17.1. The molecule has 3 heterocycles. The summed E-state index contributed by atoms with van der Waals surface area (Å²) >= 11 is 0. The molecule has 2 N–H and O–H groups in total. The summed E-state index contributed by atoms with van der Waals surface area (Å²) in [5, 5.41) is 11.2. The summed E-state index contributed by atoms with van der Waals surface area (Å²) in [7, 11) is 3.88. The van der Waals surface area contributed by atoms with Gasteiger partial charge in [-0.05, 0) is 26.7 Å². The Morgan fingerprint density at radius 1 is 1.29 bits per heavy atom. The molecule has 7 heteroatoms. The van der Waals surface area contributed by atoms with Crippen molar-refractivity contribution < 1.29 is 0 Å². The van der Waals surface area contributed by atoms with Crippen LogP contribution in [0.15, 0.2) is 12.4 Å². The van der Waals surface area contributed by atoms with Gasteiger partial charge in [0.2, 0.25) is 0 Å². The first kappa shape index (κ1) is 16.7. The summed E-state index contributed by atoms with van der Waals surface area (Å²) in [5.74, 6) is 1.87. The van der Waals surface area contributed by atoms with Gasteiger partial charge >= 0.3 is 0 Å². The lowest BCUT2D eigenvalue weighted by Crippen LogP contribution is -2.38. The van der Waals surface area contributed by atoms with E-state index in [4.69, 9.17) is 0 Å². The molecular formula is C17H27N7. The largest absolute Gasteiger partial charge is 0.373 e. The van der Waals surface area contributed by atoms with Gasteiger partial charge in [-0.25, -0.2) is 9.97 Å². The van der Waals surface area contributed by atoms with Crippen molar-refractivity contribution in [1.29, 1.82) is 0 Å². The molecule has 130 valence electrons. The molecule has 2 aromatic heterocycles. The number of nitrogens with zero attached hydrogens (tertiary/aromatic N) is 5. The maximum atomic E-state index is 4.49. The van der Waals surface area contributed by atoms with Crippen LogP contribution in [0.2, 0.25) is 0 Å². The first-order valence-electron chi connectivity index (χ1n) is 8.56. The van der Waals surface area contributed by atoms with Crippen molar-refractivity contribution in [2.75, 3.05) is 30.4 Å².